The Morgan fingerprint density at radius 3 is 2.31 bits per heavy atom. The summed E-state index contributed by atoms with van der Waals surface area (Å²) in [6.07, 6.45) is 4.94. The maximum Gasteiger partial charge on any atom is 0.439 e. The van der Waals surface area contributed by atoms with Crippen LogP contribution >= 0.6 is 0 Å². The van der Waals surface area contributed by atoms with Crippen molar-refractivity contribution >= 4 is 80.9 Å². The summed E-state index contributed by atoms with van der Waals surface area (Å²) in [5.74, 6) is 0.999. The van der Waals surface area contributed by atoms with E-state index >= 15 is 0 Å². The zero-order valence-electron chi connectivity index (χ0n) is 24.8. The maximum absolute atomic E-state index is 13.8. The summed E-state index contributed by atoms with van der Waals surface area (Å²) in [6, 6.07) is 19.5. The third-order valence-corrected chi connectivity index (χ3v) is 6.92. The molecular weight excluding hydrogens is 568 g/mol. The summed E-state index contributed by atoms with van der Waals surface area (Å²) in [6.45, 7) is 4.40. The molecule has 0 unspecified atom stereocenters. The first-order chi connectivity index (χ1) is 19.5. The Labute approximate surface area is 308 Å². The molecule has 0 spiro atoms. The van der Waals surface area contributed by atoms with E-state index < -0.39 is 5.76 Å². The van der Waals surface area contributed by atoms with Crippen LogP contribution in [0.25, 0.3) is 22.5 Å². The molecule has 11 heteroatoms. The molecular formula is C31H31KN5NaO4. The molecule has 0 saturated carbocycles. The zero-order valence-corrected chi connectivity index (χ0v) is 29.9. The molecule has 2 radical (unpaired) electrons. The molecule has 5 aromatic rings. The number of aromatic amines is 1. The van der Waals surface area contributed by atoms with Gasteiger partial charge < -0.3 is 4.74 Å². The van der Waals surface area contributed by atoms with E-state index in [0.717, 1.165) is 52.8 Å². The average Bonchev–Trinajstić information content (AvgIpc) is 3.42. The van der Waals surface area contributed by atoms with E-state index in [0.29, 0.717) is 36.1 Å². The summed E-state index contributed by atoms with van der Waals surface area (Å²) in [5.41, 5.74) is 6.09. The Morgan fingerprint density at radius 1 is 0.976 bits per heavy atom. The van der Waals surface area contributed by atoms with Crippen LogP contribution in [0.2, 0.25) is 0 Å². The first kappa shape index (κ1) is 34.3. The SMILES string of the molecule is CCCCc1nc(C)n(Cc2ccc(OC)nc2)c(=O)c1Cc1ccc(-c2ccccc2-c2noc(=O)[nH]2)cc1.[K].[Na]. The number of aryl methyl sites for hydroxylation is 2. The average molecular weight is 600 g/mol. The first-order valence-electron chi connectivity index (χ1n) is 13.3. The van der Waals surface area contributed by atoms with Crippen LogP contribution < -0.4 is 16.1 Å². The second-order valence-corrected chi connectivity index (χ2v) is 9.65. The van der Waals surface area contributed by atoms with Gasteiger partial charge in [-0.3, -0.25) is 18.9 Å². The minimum atomic E-state index is -0.598. The van der Waals surface area contributed by atoms with Gasteiger partial charge in [-0.2, -0.15) is 0 Å². The Hall–Kier alpha value is -2.15. The van der Waals surface area contributed by atoms with E-state index in [1.807, 2.05) is 61.5 Å². The van der Waals surface area contributed by atoms with Crippen molar-refractivity contribution in [3.8, 4) is 28.4 Å². The standard InChI is InChI=1S/C31H31N5O4.K.Na/c1-4-5-10-27-26(30(37)36(20(2)33-27)19-22-13-16-28(39-3)32-18-22)17-21-11-14-23(15-12-21)24-8-6-7-9-25(24)29-34-31(38)40-35-29;;/h6-9,11-16,18H,4-5,10,17,19H2,1-3H3,(H,34,35,38);;. The minimum Gasteiger partial charge on any atom is -0.481 e. The number of methoxy groups -OCH3 is 1. The predicted molar refractivity (Wildman–Crippen MR) is 164 cm³/mol. The Balaban J connectivity index is 0.00000242. The molecule has 3 heterocycles. The number of ether oxygens (including phenoxy) is 1. The number of nitrogens with zero attached hydrogens (tertiary/aromatic N) is 4. The van der Waals surface area contributed by atoms with Crippen molar-refractivity contribution in [1.29, 1.82) is 0 Å². The van der Waals surface area contributed by atoms with Crippen molar-refractivity contribution in [2.45, 2.75) is 46.1 Å². The number of nitrogens with one attached hydrogen (secondary N) is 1. The zero-order chi connectivity index (χ0) is 28.1. The van der Waals surface area contributed by atoms with Crippen LogP contribution in [0.5, 0.6) is 5.88 Å². The second kappa shape index (κ2) is 16.1. The molecule has 0 saturated heterocycles. The van der Waals surface area contributed by atoms with Crippen LogP contribution in [0.15, 0.2) is 81.0 Å². The fraction of sp³-hybridized carbons (Fsp3) is 0.258. The number of aromatic nitrogens is 5. The van der Waals surface area contributed by atoms with Crippen LogP contribution in [0.4, 0.5) is 0 Å². The normalized spacial score (nSPS) is 10.5. The molecule has 206 valence electrons. The van der Waals surface area contributed by atoms with Crippen LogP contribution in [-0.2, 0) is 19.4 Å². The molecule has 42 heavy (non-hydrogen) atoms. The summed E-state index contributed by atoms with van der Waals surface area (Å²) >= 11 is 0. The van der Waals surface area contributed by atoms with Crippen LogP contribution in [-0.4, -0.2) is 113 Å². The molecule has 0 fully saturated rings. The van der Waals surface area contributed by atoms with Gasteiger partial charge in [0.2, 0.25) is 5.88 Å². The van der Waals surface area contributed by atoms with Gasteiger partial charge in [0.15, 0.2) is 5.82 Å². The minimum absolute atomic E-state index is 0. The molecule has 1 N–H and O–H groups in total. The van der Waals surface area contributed by atoms with Crippen LogP contribution in [0, 0.1) is 6.92 Å². The van der Waals surface area contributed by atoms with E-state index in [2.05, 4.69) is 22.0 Å². The number of benzene rings is 2. The number of rotatable bonds is 10. The molecule has 9 nitrogen and oxygen atoms in total. The number of hydrogen-bond donors (Lipinski definition) is 1. The van der Waals surface area contributed by atoms with Crippen molar-refractivity contribution in [2.75, 3.05) is 7.11 Å². The van der Waals surface area contributed by atoms with Gasteiger partial charge in [0.05, 0.1) is 19.3 Å². The summed E-state index contributed by atoms with van der Waals surface area (Å²) in [4.78, 5) is 37.1. The third-order valence-electron chi connectivity index (χ3n) is 6.92. The number of H-pyrrole nitrogens is 1. The molecule has 2 aromatic carbocycles. The quantitative estimate of drug-likeness (QED) is 0.240. The van der Waals surface area contributed by atoms with Crippen molar-refractivity contribution in [3.05, 3.63) is 116 Å². The maximum atomic E-state index is 13.8. The van der Waals surface area contributed by atoms with Gasteiger partial charge in [0.1, 0.15) is 5.82 Å². The first-order valence-corrected chi connectivity index (χ1v) is 13.3. The molecule has 3 aromatic heterocycles. The van der Waals surface area contributed by atoms with Gasteiger partial charge in [-0.1, -0.05) is 73.1 Å². The van der Waals surface area contributed by atoms with Crippen molar-refractivity contribution in [3.63, 3.8) is 0 Å². The molecule has 0 atom stereocenters. The number of unbranched alkanes of at least 4 members (excludes halogenated alkanes) is 1. The fourth-order valence-electron chi connectivity index (χ4n) is 4.77. The fourth-order valence-corrected chi connectivity index (χ4v) is 4.77. The molecule has 0 amide bonds. The molecule has 0 aliphatic rings. The summed E-state index contributed by atoms with van der Waals surface area (Å²) < 4.78 is 11.6. The van der Waals surface area contributed by atoms with Gasteiger partial charge in [-0.25, -0.2) is 14.8 Å². The number of pyridine rings is 1. The Kier molecular flexibility index (Phi) is 13.1. The molecule has 0 aliphatic carbocycles. The van der Waals surface area contributed by atoms with Crippen molar-refractivity contribution in [2.24, 2.45) is 0 Å². The van der Waals surface area contributed by atoms with Crippen molar-refractivity contribution < 1.29 is 9.26 Å². The van der Waals surface area contributed by atoms with Gasteiger partial charge in [0, 0.05) is 111 Å². The Morgan fingerprint density at radius 2 is 1.69 bits per heavy atom. The van der Waals surface area contributed by atoms with E-state index in [1.54, 1.807) is 23.9 Å². The van der Waals surface area contributed by atoms with Crippen molar-refractivity contribution in [1.82, 2.24) is 24.7 Å². The van der Waals surface area contributed by atoms with Crippen LogP contribution in [0.3, 0.4) is 0 Å². The molecule has 0 bridgehead atoms. The second-order valence-electron chi connectivity index (χ2n) is 9.65. The van der Waals surface area contributed by atoms with Gasteiger partial charge in [-0.15, -0.1) is 0 Å². The molecule has 0 aliphatic heterocycles. The van der Waals surface area contributed by atoms with E-state index in [-0.39, 0.29) is 86.5 Å². The van der Waals surface area contributed by atoms with Crippen LogP contribution in [0.1, 0.15) is 48.0 Å². The monoisotopic (exact) mass is 599 g/mol. The summed E-state index contributed by atoms with van der Waals surface area (Å²) in [7, 11) is 1.58. The van der Waals surface area contributed by atoms with Gasteiger partial charge >= 0.3 is 5.76 Å². The molecule has 5 rings (SSSR count). The smallest absolute Gasteiger partial charge is 0.439 e. The Bertz CT molecular complexity index is 1730. The number of hydrogen-bond acceptors (Lipinski definition) is 7. The van der Waals surface area contributed by atoms with E-state index in [1.165, 1.54) is 0 Å². The topological polar surface area (TPSA) is 116 Å². The predicted octanol–water partition coefficient (Wildman–Crippen LogP) is 4.19. The van der Waals surface area contributed by atoms with E-state index in [9.17, 15) is 9.59 Å². The third kappa shape index (κ3) is 8.06. The van der Waals surface area contributed by atoms with Gasteiger partial charge in [-0.05, 0) is 42.0 Å². The largest absolute Gasteiger partial charge is 0.481 e. The van der Waals surface area contributed by atoms with Gasteiger partial charge in [0.25, 0.3) is 5.56 Å². The summed E-state index contributed by atoms with van der Waals surface area (Å²) in [5, 5.41) is 3.85. The van der Waals surface area contributed by atoms with E-state index in [4.69, 9.17) is 14.2 Å².